The average molecular weight is 513 g/mol. The molecule has 6 rings (SSSR count). The molecule has 2 heterocycles. The van der Waals surface area contributed by atoms with Gasteiger partial charge < -0.3 is 0 Å². The van der Waals surface area contributed by atoms with Gasteiger partial charge in [0.2, 0.25) is 0 Å². The van der Waals surface area contributed by atoms with Crippen LogP contribution in [0.25, 0.3) is 21.8 Å². The SMILES string of the molecule is CCSc1c2c(cc3c1c1ccccc1n3S(=O)(=O)c1ccccc1)C(=O)N(c1ccccc1)C2=O. The molecule has 36 heavy (non-hydrogen) atoms. The lowest BCUT2D eigenvalue weighted by Gasteiger charge is -2.13. The minimum Gasteiger partial charge on any atom is -0.268 e. The maximum absolute atomic E-state index is 13.9. The third kappa shape index (κ3) is 3.14. The lowest BCUT2D eigenvalue weighted by atomic mass is 10.0. The Balaban J connectivity index is 1.73. The highest BCUT2D eigenvalue weighted by Crippen LogP contribution is 2.44. The van der Waals surface area contributed by atoms with Crippen LogP contribution < -0.4 is 4.90 Å². The number of thioether (sulfide) groups is 1. The zero-order chi connectivity index (χ0) is 25.0. The van der Waals surface area contributed by atoms with Crippen molar-refractivity contribution in [3.63, 3.8) is 0 Å². The Bertz CT molecular complexity index is 1790. The van der Waals surface area contributed by atoms with Crippen molar-refractivity contribution >= 4 is 61.1 Å². The van der Waals surface area contributed by atoms with Crippen molar-refractivity contribution < 1.29 is 18.0 Å². The molecule has 0 atom stereocenters. The maximum atomic E-state index is 13.9. The van der Waals surface area contributed by atoms with Crippen LogP contribution in [0.2, 0.25) is 0 Å². The number of amides is 2. The van der Waals surface area contributed by atoms with E-state index in [-0.39, 0.29) is 10.5 Å². The standard InChI is InChI=1S/C28H20N2O4S2/c1-2-35-26-24-20-15-9-10-16-22(20)30(36(33,34)19-13-7-4-8-14-19)23(24)17-21-25(26)28(32)29(27(21)31)18-11-5-3-6-12-18/h3-17H,2H2,1H3. The first-order valence-corrected chi connectivity index (χ1v) is 13.8. The van der Waals surface area contributed by atoms with Crippen molar-refractivity contribution in [2.75, 3.05) is 10.7 Å². The number of hydrogen-bond donors (Lipinski definition) is 0. The van der Waals surface area contributed by atoms with Crippen molar-refractivity contribution in [2.24, 2.45) is 0 Å². The summed E-state index contributed by atoms with van der Waals surface area (Å²) in [5.41, 5.74) is 1.89. The number of nitrogens with zero attached hydrogens (tertiary/aromatic N) is 2. The number of hydrogen-bond acceptors (Lipinski definition) is 5. The number of imide groups is 1. The zero-order valence-electron chi connectivity index (χ0n) is 19.2. The van der Waals surface area contributed by atoms with Gasteiger partial charge in [0.25, 0.3) is 21.8 Å². The molecule has 0 bridgehead atoms. The monoisotopic (exact) mass is 512 g/mol. The van der Waals surface area contributed by atoms with Gasteiger partial charge in [0.05, 0.1) is 32.7 Å². The first-order valence-electron chi connectivity index (χ1n) is 11.4. The number of anilines is 1. The van der Waals surface area contributed by atoms with Gasteiger partial charge in [-0.3, -0.25) is 9.59 Å². The van der Waals surface area contributed by atoms with Crippen LogP contribution in [0, 0.1) is 0 Å². The number of aromatic nitrogens is 1. The van der Waals surface area contributed by atoms with Gasteiger partial charge in [-0.05, 0) is 42.2 Å². The van der Waals surface area contributed by atoms with Gasteiger partial charge in [-0.2, -0.15) is 0 Å². The van der Waals surface area contributed by atoms with E-state index >= 15 is 0 Å². The average Bonchev–Trinajstić information content (AvgIpc) is 3.37. The Hall–Kier alpha value is -3.88. The molecule has 1 aromatic heterocycles. The second-order valence-electron chi connectivity index (χ2n) is 8.34. The molecule has 5 aromatic rings. The molecule has 0 fully saturated rings. The smallest absolute Gasteiger partial charge is 0.268 e. The van der Waals surface area contributed by atoms with Gasteiger partial charge in [0.15, 0.2) is 0 Å². The Morgan fingerprint density at radius 2 is 1.42 bits per heavy atom. The lowest BCUT2D eigenvalue weighted by Crippen LogP contribution is -2.29. The first kappa shape index (κ1) is 22.6. The second-order valence-corrected chi connectivity index (χ2v) is 11.4. The summed E-state index contributed by atoms with van der Waals surface area (Å²) in [7, 11) is -4.00. The largest absolute Gasteiger partial charge is 0.268 e. The van der Waals surface area contributed by atoms with E-state index in [1.807, 2.05) is 25.1 Å². The summed E-state index contributed by atoms with van der Waals surface area (Å²) in [6.07, 6.45) is 0. The van der Waals surface area contributed by atoms with Crippen LogP contribution in [-0.2, 0) is 10.0 Å². The maximum Gasteiger partial charge on any atom is 0.268 e. The van der Waals surface area contributed by atoms with E-state index in [1.54, 1.807) is 72.8 Å². The van der Waals surface area contributed by atoms with E-state index in [1.165, 1.54) is 20.6 Å². The molecule has 0 radical (unpaired) electrons. The molecule has 0 N–H and O–H groups in total. The topological polar surface area (TPSA) is 76.5 Å². The van der Waals surface area contributed by atoms with E-state index in [2.05, 4.69) is 0 Å². The molecular weight excluding hydrogens is 492 g/mol. The summed E-state index contributed by atoms with van der Waals surface area (Å²) >= 11 is 1.44. The van der Waals surface area contributed by atoms with E-state index in [4.69, 9.17) is 0 Å². The zero-order valence-corrected chi connectivity index (χ0v) is 20.8. The van der Waals surface area contributed by atoms with E-state index in [0.29, 0.717) is 43.7 Å². The number of rotatable bonds is 5. The summed E-state index contributed by atoms with van der Waals surface area (Å²) in [6.45, 7) is 1.96. The van der Waals surface area contributed by atoms with Gasteiger partial charge in [-0.25, -0.2) is 17.3 Å². The number of carbonyl (C=O) groups excluding carboxylic acids is 2. The van der Waals surface area contributed by atoms with Gasteiger partial charge in [0.1, 0.15) is 0 Å². The minimum absolute atomic E-state index is 0.145. The summed E-state index contributed by atoms with van der Waals surface area (Å²) in [6, 6.07) is 25.8. The minimum atomic E-state index is -4.00. The Morgan fingerprint density at radius 1 is 0.778 bits per heavy atom. The quantitative estimate of drug-likeness (QED) is 0.215. The highest BCUT2D eigenvalue weighted by molar-refractivity contribution is 7.99. The Labute approximate surface area is 212 Å². The molecule has 1 aliphatic heterocycles. The summed E-state index contributed by atoms with van der Waals surface area (Å²) in [5, 5.41) is 1.37. The summed E-state index contributed by atoms with van der Waals surface area (Å²) in [5.74, 6) is -0.222. The predicted octanol–water partition coefficient (Wildman–Crippen LogP) is 5.94. The Kier molecular flexibility index (Phi) is 5.24. The van der Waals surface area contributed by atoms with Gasteiger partial charge >= 0.3 is 0 Å². The van der Waals surface area contributed by atoms with Crippen molar-refractivity contribution in [2.45, 2.75) is 16.7 Å². The molecule has 0 aliphatic carbocycles. The molecule has 2 amide bonds. The summed E-state index contributed by atoms with van der Waals surface area (Å²) in [4.78, 5) is 29.2. The molecular formula is C28H20N2O4S2. The molecule has 178 valence electrons. The van der Waals surface area contributed by atoms with E-state index in [0.717, 1.165) is 0 Å². The molecule has 4 aromatic carbocycles. The molecule has 0 saturated heterocycles. The molecule has 6 nitrogen and oxygen atoms in total. The molecule has 0 unspecified atom stereocenters. The first-order chi connectivity index (χ1) is 17.4. The fourth-order valence-electron chi connectivity index (χ4n) is 4.82. The Morgan fingerprint density at radius 3 is 2.11 bits per heavy atom. The fraction of sp³-hybridized carbons (Fsp3) is 0.0714. The van der Waals surface area contributed by atoms with Crippen molar-refractivity contribution in [1.29, 1.82) is 0 Å². The van der Waals surface area contributed by atoms with Crippen LogP contribution in [-0.4, -0.2) is 30.0 Å². The number of para-hydroxylation sites is 2. The normalized spacial score (nSPS) is 13.6. The van der Waals surface area contributed by atoms with Crippen LogP contribution in [0.15, 0.2) is 101 Å². The number of carbonyl (C=O) groups is 2. The number of benzene rings is 4. The van der Waals surface area contributed by atoms with E-state index in [9.17, 15) is 18.0 Å². The predicted molar refractivity (Wildman–Crippen MR) is 142 cm³/mol. The van der Waals surface area contributed by atoms with Crippen LogP contribution in [0.3, 0.4) is 0 Å². The highest BCUT2D eigenvalue weighted by atomic mass is 32.2. The third-order valence-electron chi connectivity index (χ3n) is 6.31. The van der Waals surface area contributed by atoms with Crippen LogP contribution in [0.1, 0.15) is 27.6 Å². The molecule has 0 saturated carbocycles. The molecule has 1 aliphatic rings. The van der Waals surface area contributed by atoms with Crippen molar-refractivity contribution in [3.8, 4) is 0 Å². The second kappa shape index (κ2) is 8.36. The third-order valence-corrected chi connectivity index (χ3v) is 9.03. The fourth-order valence-corrected chi connectivity index (χ4v) is 7.34. The van der Waals surface area contributed by atoms with Gasteiger partial charge in [-0.1, -0.05) is 61.5 Å². The van der Waals surface area contributed by atoms with Gasteiger partial charge in [0, 0.05) is 15.7 Å². The number of fused-ring (bicyclic) bond motifs is 4. The van der Waals surface area contributed by atoms with E-state index < -0.39 is 21.8 Å². The molecule has 8 heteroatoms. The van der Waals surface area contributed by atoms with Gasteiger partial charge in [-0.15, -0.1) is 11.8 Å². The highest BCUT2D eigenvalue weighted by Gasteiger charge is 2.41. The van der Waals surface area contributed by atoms with Crippen LogP contribution in [0.5, 0.6) is 0 Å². The molecule has 0 spiro atoms. The summed E-state index contributed by atoms with van der Waals surface area (Å²) < 4.78 is 29.1. The van der Waals surface area contributed by atoms with Crippen LogP contribution >= 0.6 is 11.8 Å². The van der Waals surface area contributed by atoms with Crippen molar-refractivity contribution in [1.82, 2.24) is 3.97 Å². The van der Waals surface area contributed by atoms with Crippen molar-refractivity contribution in [3.05, 3.63) is 102 Å². The van der Waals surface area contributed by atoms with Crippen LogP contribution in [0.4, 0.5) is 5.69 Å². The lowest BCUT2D eigenvalue weighted by molar-refractivity contribution is 0.0925.